The van der Waals surface area contributed by atoms with E-state index in [4.69, 9.17) is 27.9 Å². The van der Waals surface area contributed by atoms with Gasteiger partial charge in [0.1, 0.15) is 5.75 Å². The van der Waals surface area contributed by atoms with E-state index < -0.39 is 0 Å². The van der Waals surface area contributed by atoms with E-state index in [1.807, 2.05) is 23.6 Å². The van der Waals surface area contributed by atoms with Crippen LogP contribution in [0.3, 0.4) is 0 Å². The van der Waals surface area contributed by atoms with Gasteiger partial charge in [0.05, 0.1) is 10.0 Å². The van der Waals surface area contributed by atoms with Crippen molar-refractivity contribution in [2.45, 2.75) is 0 Å². The third-order valence-electron chi connectivity index (χ3n) is 2.58. The first-order valence-corrected chi connectivity index (χ1v) is 6.97. The number of rotatable bonds is 2. The van der Waals surface area contributed by atoms with Crippen LogP contribution in [0.15, 0.2) is 47.8 Å². The Morgan fingerprint density at radius 1 is 0.889 bits per heavy atom. The van der Waals surface area contributed by atoms with E-state index >= 15 is 0 Å². The zero-order chi connectivity index (χ0) is 12.5. The second kappa shape index (κ2) is 4.81. The maximum atomic E-state index is 6.09. The third kappa shape index (κ3) is 2.07. The quantitative estimate of drug-likeness (QED) is 0.563. The highest BCUT2D eigenvalue weighted by molar-refractivity contribution is 7.17. The molecule has 0 N–H and O–H groups in total. The number of benzene rings is 2. The Hall–Kier alpha value is -1.22. The molecule has 3 aromatic rings. The minimum atomic E-state index is 0.504. The highest BCUT2D eigenvalue weighted by Gasteiger charge is 2.11. The number of ether oxygens (including phenoxy) is 1. The summed E-state index contributed by atoms with van der Waals surface area (Å²) in [5.41, 5.74) is 0. The molecule has 0 spiro atoms. The number of halogens is 2. The van der Waals surface area contributed by atoms with Gasteiger partial charge < -0.3 is 4.74 Å². The largest absolute Gasteiger partial charge is 0.453 e. The lowest BCUT2D eigenvalue weighted by Gasteiger charge is -2.08. The molecule has 0 bridgehead atoms. The molecule has 0 saturated heterocycles. The first kappa shape index (κ1) is 11.8. The Bertz CT molecular complexity index is 686. The molecule has 0 radical (unpaired) electrons. The highest BCUT2D eigenvalue weighted by Crippen LogP contribution is 2.40. The maximum Gasteiger partial charge on any atom is 0.164 e. The molecule has 0 atom stereocenters. The van der Waals surface area contributed by atoms with Crippen LogP contribution in [0.1, 0.15) is 0 Å². The normalized spacial score (nSPS) is 10.8. The molecule has 1 aromatic heterocycles. The molecule has 18 heavy (non-hydrogen) atoms. The van der Waals surface area contributed by atoms with Gasteiger partial charge in [-0.25, -0.2) is 0 Å². The maximum absolute atomic E-state index is 6.09. The molecule has 0 fully saturated rings. The molecule has 90 valence electrons. The Kier molecular flexibility index (Phi) is 3.16. The molecular weight excluding hydrogens is 287 g/mol. The molecule has 0 amide bonds. The van der Waals surface area contributed by atoms with Crippen molar-refractivity contribution in [1.82, 2.24) is 0 Å². The molecule has 0 aliphatic carbocycles. The minimum Gasteiger partial charge on any atom is -0.453 e. The van der Waals surface area contributed by atoms with E-state index in [0.29, 0.717) is 15.8 Å². The standard InChI is InChI=1S/C14H8Cl2OS/c15-10-5-3-6-11(16)14(10)17-12-8-18-13-7-2-1-4-9(12)13/h1-8H. The predicted octanol–water partition coefficient (Wildman–Crippen LogP) is 6.00. The first-order valence-electron chi connectivity index (χ1n) is 5.34. The highest BCUT2D eigenvalue weighted by atomic mass is 35.5. The van der Waals surface area contributed by atoms with Crippen LogP contribution in [-0.2, 0) is 0 Å². The summed E-state index contributed by atoms with van der Waals surface area (Å²) in [7, 11) is 0. The van der Waals surface area contributed by atoms with Gasteiger partial charge in [-0.2, -0.15) is 0 Å². The van der Waals surface area contributed by atoms with Gasteiger partial charge in [0, 0.05) is 15.5 Å². The molecule has 1 nitrogen and oxygen atoms in total. The van der Waals surface area contributed by atoms with Crippen LogP contribution in [0.5, 0.6) is 11.5 Å². The zero-order valence-corrected chi connectivity index (χ0v) is 11.5. The summed E-state index contributed by atoms with van der Waals surface area (Å²) in [6.45, 7) is 0. The summed E-state index contributed by atoms with van der Waals surface area (Å²) in [6.07, 6.45) is 0. The molecule has 0 saturated carbocycles. The molecule has 3 rings (SSSR count). The predicted molar refractivity (Wildman–Crippen MR) is 78.4 cm³/mol. The molecule has 0 unspecified atom stereocenters. The van der Waals surface area contributed by atoms with Gasteiger partial charge in [0.2, 0.25) is 0 Å². The Balaban J connectivity index is 2.07. The number of hydrogen-bond acceptors (Lipinski definition) is 2. The lowest BCUT2D eigenvalue weighted by atomic mass is 10.2. The third-order valence-corrected chi connectivity index (χ3v) is 4.11. The lowest BCUT2D eigenvalue weighted by Crippen LogP contribution is -1.85. The summed E-state index contributed by atoms with van der Waals surface area (Å²) < 4.78 is 7.02. The summed E-state index contributed by atoms with van der Waals surface area (Å²) in [5, 5.41) is 4.05. The van der Waals surface area contributed by atoms with Crippen LogP contribution in [0.4, 0.5) is 0 Å². The molecule has 4 heteroatoms. The molecule has 0 aliphatic rings. The molecular formula is C14H8Cl2OS. The van der Waals surface area contributed by atoms with Crippen molar-refractivity contribution in [3.05, 3.63) is 57.9 Å². The fourth-order valence-electron chi connectivity index (χ4n) is 1.72. The van der Waals surface area contributed by atoms with E-state index in [0.717, 1.165) is 11.1 Å². The summed E-state index contributed by atoms with van der Waals surface area (Å²) in [4.78, 5) is 0. The fourth-order valence-corrected chi connectivity index (χ4v) is 3.06. The smallest absolute Gasteiger partial charge is 0.164 e. The van der Waals surface area contributed by atoms with Crippen LogP contribution >= 0.6 is 34.5 Å². The lowest BCUT2D eigenvalue weighted by molar-refractivity contribution is 0.490. The van der Waals surface area contributed by atoms with Crippen molar-refractivity contribution in [2.75, 3.05) is 0 Å². The summed E-state index contributed by atoms with van der Waals surface area (Å²) in [6, 6.07) is 13.4. The Morgan fingerprint density at radius 2 is 1.61 bits per heavy atom. The van der Waals surface area contributed by atoms with Crippen molar-refractivity contribution in [1.29, 1.82) is 0 Å². The van der Waals surface area contributed by atoms with Gasteiger partial charge in [-0.3, -0.25) is 0 Å². The van der Waals surface area contributed by atoms with E-state index in [2.05, 4.69) is 6.07 Å². The van der Waals surface area contributed by atoms with Crippen LogP contribution in [0.25, 0.3) is 10.1 Å². The van der Waals surface area contributed by atoms with Gasteiger partial charge in [0.25, 0.3) is 0 Å². The first-order chi connectivity index (χ1) is 8.75. The van der Waals surface area contributed by atoms with Crippen LogP contribution in [-0.4, -0.2) is 0 Å². The second-order valence-corrected chi connectivity index (χ2v) is 5.47. The van der Waals surface area contributed by atoms with Gasteiger partial charge in [-0.05, 0) is 24.3 Å². The summed E-state index contributed by atoms with van der Waals surface area (Å²) >= 11 is 13.8. The monoisotopic (exact) mass is 294 g/mol. The van der Waals surface area contributed by atoms with Crippen molar-refractivity contribution in [2.24, 2.45) is 0 Å². The van der Waals surface area contributed by atoms with E-state index in [1.54, 1.807) is 29.5 Å². The number of fused-ring (bicyclic) bond motifs is 1. The van der Waals surface area contributed by atoms with E-state index in [1.165, 1.54) is 4.70 Å². The number of para-hydroxylation sites is 1. The average molecular weight is 295 g/mol. The van der Waals surface area contributed by atoms with Gasteiger partial charge in [-0.1, -0.05) is 41.4 Å². The van der Waals surface area contributed by atoms with Crippen LogP contribution in [0.2, 0.25) is 10.0 Å². The Labute approximate surface area is 119 Å². The second-order valence-electron chi connectivity index (χ2n) is 3.75. The van der Waals surface area contributed by atoms with Crippen molar-refractivity contribution in [3.63, 3.8) is 0 Å². The van der Waals surface area contributed by atoms with Crippen LogP contribution in [0, 0.1) is 0 Å². The Morgan fingerprint density at radius 3 is 2.39 bits per heavy atom. The summed E-state index contributed by atoms with van der Waals surface area (Å²) in [5.74, 6) is 1.29. The van der Waals surface area contributed by atoms with Gasteiger partial charge >= 0.3 is 0 Å². The van der Waals surface area contributed by atoms with Crippen molar-refractivity contribution < 1.29 is 4.74 Å². The topological polar surface area (TPSA) is 9.23 Å². The average Bonchev–Trinajstić information content (AvgIpc) is 2.77. The van der Waals surface area contributed by atoms with E-state index in [-0.39, 0.29) is 0 Å². The zero-order valence-electron chi connectivity index (χ0n) is 9.19. The minimum absolute atomic E-state index is 0.504. The van der Waals surface area contributed by atoms with Gasteiger partial charge in [0.15, 0.2) is 5.75 Å². The number of hydrogen-bond donors (Lipinski definition) is 0. The fraction of sp³-hybridized carbons (Fsp3) is 0. The number of thiophene rings is 1. The molecule has 2 aromatic carbocycles. The SMILES string of the molecule is Clc1cccc(Cl)c1Oc1csc2ccccc12. The van der Waals surface area contributed by atoms with Gasteiger partial charge in [-0.15, -0.1) is 11.3 Å². The van der Waals surface area contributed by atoms with Crippen molar-refractivity contribution >= 4 is 44.6 Å². The molecule has 0 aliphatic heterocycles. The van der Waals surface area contributed by atoms with E-state index in [9.17, 15) is 0 Å². The van der Waals surface area contributed by atoms with Crippen molar-refractivity contribution in [3.8, 4) is 11.5 Å². The van der Waals surface area contributed by atoms with Crippen LogP contribution < -0.4 is 4.74 Å². The molecule has 1 heterocycles.